The van der Waals surface area contributed by atoms with Gasteiger partial charge >= 0.3 is 0 Å². The minimum atomic E-state index is -0.559. The number of nitrogens with one attached hydrogen (secondary N) is 2. The number of amides is 2. The zero-order valence-electron chi connectivity index (χ0n) is 11.9. The Morgan fingerprint density at radius 1 is 1.47 bits per heavy atom. The molecule has 0 unspecified atom stereocenters. The summed E-state index contributed by atoms with van der Waals surface area (Å²) < 4.78 is 0. The summed E-state index contributed by atoms with van der Waals surface area (Å²) in [5, 5.41) is 5.47. The van der Waals surface area contributed by atoms with Gasteiger partial charge in [-0.25, -0.2) is 0 Å². The first-order valence-corrected chi connectivity index (χ1v) is 6.97. The molecule has 0 aromatic heterocycles. The quantitative estimate of drug-likeness (QED) is 0.673. The standard InChI is InChI=1S/C14H24N2O3/c1-9(2)6-10(3)13(18)16-12(8-17)7-11-4-5-15-14(11)19/h8-12H,4-7H2,1-3H3,(H,15,19)(H,16,18)/t10-,11-,12-/m0/s1. The van der Waals surface area contributed by atoms with Crippen LogP contribution in [0.5, 0.6) is 0 Å². The van der Waals surface area contributed by atoms with Gasteiger partial charge in [0.05, 0.1) is 6.04 Å². The number of aldehydes is 1. The lowest BCUT2D eigenvalue weighted by atomic mass is 9.96. The fraction of sp³-hybridized carbons (Fsp3) is 0.786. The molecule has 1 heterocycles. The summed E-state index contributed by atoms with van der Waals surface area (Å²) in [5.41, 5.74) is 0. The maximum atomic E-state index is 11.9. The molecule has 108 valence electrons. The van der Waals surface area contributed by atoms with E-state index in [0.717, 1.165) is 19.1 Å². The minimum Gasteiger partial charge on any atom is -0.356 e. The Morgan fingerprint density at radius 2 is 2.16 bits per heavy atom. The second-order valence-corrected chi connectivity index (χ2v) is 5.79. The Morgan fingerprint density at radius 3 is 2.63 bits per heavy atom. The SMILES string of the molecule is CC(C)C[C@H](C)C(=O)N[C@H](C=O)C[C@@H]1CCNC1=O. The minimum absolute atomic E-state index is 0.0173. The molecule has 5 nitrogen and oxygen atoms in total. The summed E-state index contributed by atoms with van der Waals surface area (Å²) in [6.45, 7) is 6.64. The van der Waals surface area contributed by atoms with Crippen LogP contribution in [0.15, 0.2) is 0 Å². The smallest absolute Gasteiger partial charge is 0.223 e. The highest BCUT2D eigenvalue weighted by atomic mass is 16.2. The van der Waals surface area contributed by atoms with Gasteiger partial charge < -0.3 is 15.4 Å². The lowest BCUT2D eigenvalue weighted by molar-refractivity contribution is -0.128. The molecule has 1 aliphatic heterocycles. The normalized spacial score (nSPS) is 21.9. The highest BCUT2D eigenvalue weighted by Gasteiger charge is 2.28. The van der Waals surface area contributed by atoms with E-state index in [2.05, 4.69) is 24.5 Å². The number of carbonyl (C=O) groups excluding carboxylic acids is 3. The third-order valence-electron chi connectivity index (χ3n) is 3.47. The van der Waals surface area contributed by atoms with Crippen LogP contribution in [-0.4, -0.2) is 30.7 Å². The molecule has 0 spiro atoms. The first kappa shape index (κ1) is 15.7. The molecule has 2 N–H and O–H groups in total. The van der Waals surface area contributed by atoms with Crippen molar-refractivity contribution < 1.29 is 14.4 Å². The molecule has 5 heteroatoms. The fourth-order valence-corrected chi connectivity index (χ4v) is 2.46. The van der Waals surface area contributed by atoms with Crippen LogP contribution in [0.1, 0.15) is 40.0 Å². The van der Waals surface area contributed by atoms with Gasteiger partial charge in [0.15, 0.2) is 0 Å². The van der Waals surface area contributed by atoms with Crippen LogP contribution in [0, 0.1) is 17.8 Å². The van der Waals surface area contributed by atoms with Crippen molar-refractivity contribution in [1.82, 2.24) is 10.6 Å². The lowest BCUT2D eigenvalue weighted by Crippen LogP contribution is -2.41. The number of carbonyl (C=O) groups is 3. The summed E-state index contributed by atoms with van der Waals surface area (Å²) in [4.78, 5) is 34.4. The zero-order valence-corrected chi connectivity index (χ0v) is 11.9. The van der Waals surface area contributed by atoms with Gasteiger partial charge in [-0.3, -0.25) is 9.59 Å². The largest absolute Gasteiger partial charge is 0.356 e. The molecule has 0 bridgehead atoms. The van der Waals surface area contributed by atoms with Crippen molar-refractivity contribution in [2.24, 2.45) is 17.8 Å². The molecule has 1 saturated heterocycles. The average Bonchev–Trinajstić information content (AvgIpc) is 2.73. The Balaban J connectivity index is 2.45. The van der Waals surface area contributed by atoms with Gasteiger partial charge in [-0.2, -0.15) is 0 Å². The molecular weight excluding hydrogens is 244 g/mol. The van der Waals surface area contributed by atoms with Crippen molar-refractivity contribution in [2.75, 3.05) is 6.54 Å². The summed E-state index contributed by atoms with van der Waals surface area (Å²) in [6.07, 6.45) is 2.66. The first-order chi connectivity index (χ1) is 8.93. The van der Waals surface area contributed by atoms with E-state index in [4.69, 9.17) is 0 Å². The molecule has 2 amide bonds. The molecule has 0 saturated carbocycles. The van der Waals surface area contributed by atoms with Gasteiger partial charge in [0.25, 0.3) is 0 Å². The molecule has 0 radical (unpaired) electrons. The van der Waals surface area contributed by atoms with Gasteiger partial charge in [0.2, 0.25) is 11.8 Å². The molecule has 0 aromatic carbocycles. The summed E-state index contributed by atoms with van der Waals surface area (Å²) in [6, 6.07) is -0.559. The maximum Gasteiger partial charge on any atom is 0.223 e. The van der Waals surface area contributed by atoms with E-state index in [0.29, 0.717) is 18.9 Å². The van der Waals surface area contributed by atoms with Crippen molar-refractivity contribution >= 4 is 18.1 Å². The summed E-state index contributed by atoms with van der Waals surface area (Å²) in [5.74, 6) is 0.0485. The van der Waals surface area contributed by atoms with E-state index in [1.165, 1.54) is 0 Å². The number of hydrogen-bond donors (Lipinski definition) is 2. The van der Waals surface area contributed by atoms with E-state index in [1.807, 2.05) is 6.92 Å². The van der Waals surface area contributed by atoms with Crippen LogP contribution in [0.25, 0.3) is 0 Å². The van der Waals surface area contributed by atoms with E-state index >= 15 is 0 Å². The molecule has 3 atom stereocenters. The van der Waals surface area contributed by atoms with Gasteiger partial charge in [-0.15, -0.1) is 0 Å². The molecule has 1 fully saturated rings. The van der Waals surface area contributed by atoms with Gasteiger partial charge in [0.1, 0.15) is 6.29 Å². The van der Waals surface area contributed by atoms with E-state index in [-0.39, 0.29) is 23.7 Å². The molecule has 19 heavy (non-hydrogen) atoms. The number of hydrogen-bond acceptors (Lipinski definition) is 3. The van der Waals surface area contributed by atoms with E-state index < -0.39 is 6.04 Å². The second-order valence-electron chi connectivity index (χ2n) is 5.79. The molecule has 0 aliphatic carbocycles. The van der Waals surface area contributed by atoms with Crippen LogP contribution in [-0.2, 0) is 14.4 Å². The van der Waals surface area contributed by atoms with E-state index in [1.54, 1.807) is 0 Å². The van der Waals surface area contributed by atoms with Crippen LogP contribution < -0.4 is 10.6 Å². The fourth-order valence-electron chi connectivity index (χ4n) is 2.46. The monoisotopic (exact) mass is 268 g/mol. The van der Waals surface area contributed by atoms with Crippen molar-refractivity contribution in [3.05, 3.63) is 0 Å². The summed E-state index contributed by atoms with van der Waals surface area (Å²) in [7, 11) is 0. The van der Waals surface area contributed by atoms with Crippen molar-refractivity contribution in [2.45, 2.75) is 46.1 Å². The molecule has 1 rings (SSSR count). The number of rotatable bonds is 7. The average molecular weight is 268 g/mol. The van der Waals surface area contributed by atoms with Crippen LogP contribution in [0.4, 0.5) is 0 Å². The Kier molecular flexibility index (Phi) is 5.99. The highest BCUT2D eigenvalue weighted by Crippen LogP contribution is 2.16. The predicted molar refractivity (Wildman–Crippen MR) is 72.3 cm³/mol. The topological polar surface area (TPSA) is 75.3 Å². The van der Waals surface area contributed by atoms with Gasteiger partial charge in [-0.05, 0) is 25.2 Å². The summed E-state index contributed by atoms with van der Waals surface area (Å²) >= 11 is 0. The second kappa shape index (κ2) is 7.26. The Hall–Kier alpha value is -1.39. The zero-order chi connectivity index (χ0) is 14.4. The van der Waals surface area contributed by atoms with Gasteiger partial charge in [0, 0.05) is 18.4 Å². The Bertz CT molecular complexity index is 342. The molecule has 1 aliphatic rings. The predicted octanol–water partition coefficient (Wildman–Crippen LogP) is 0.878. The third kappa shape index (κ3) is 5.01. The van der Waals surface area contributed by atoms with Crippen molar-refractivity contribution in [1.29, 1.82) is 0 Å². The molecular formula is C14H24N2O3. The van der Waals surface area contributed by atoms with Crippen LogP contribution >= 0.6 is 0 Å². The van der Waals surface area contributed by atoms with Crippen molar-refractivity contribution in [3.8, 4) is 0 Å². The van der Waals surface area contributed by atoms with E-state index in [9.17, 15) is 14.4 Å². The van der Waals surface area contributed by atoms with Crippen molar-refractivity contribution in [3.63, 3.8) is 0 Å². The highest BCUT2D eigenvalue weighted by molar-refractivity contribution is 5.83. The Labute approximate surface area is 114 Å². The maximum absolute atomic E-state index is 11.9. The lowest BCUT2D eigenvalue weighted by Gasteiger charge is -2.19. The van der Waals surface area contributed by atoms with Gasteiger partial charge in [-0.1, -0.05) is 20.8 Å². The molecule has 0 aromatic rings. The van der Waals surface area contributed by atoms with Crippen LogP contribution in [0.2, 0.25) is 0 Å². The first-order valence-electron chi connectivity index (χ1n) is 6.97. The van der Waals surface area contributed by atoms with Crippen LogP contribution in [0.3, 0.4) is 0 Å². The third-order valence-corrected chi connectivity index (χ3v) is 3.47.